The van der Waals surface area contributed by atoms with Crippen molar-refractivity contribution in [3.05, 3.63) is 40.5 Å². The number of hydrogen-bond donors (Lipinski definition) is 0. The van der Waals surface area contributed by atoms with E-state index in [4.69, 9.17) is 0 Å². The molecular weight excluding hydrogens is 312 g/mol. The Hall–Kier alpha value is -2.76. The lowest BCUT2D eigenvalue weighted by Gasteiger charge is -2.15. The van der Waals surface area contributed by atoms with Crippen LogP contribution in [-0.4, -0.2) is 37.7 Å². The number of benzene rings is 1. The zero-order valence-corrected chi connectivity index (χ0v) is 13.6. The third-order valence-electron chi connectivity index (χ3n) is 3.86. The number of methoxy groups -OCH3 is 2. The van der Waals surface area contributed by atoms with Crippen LogP contribution >= 0.6 is 0 Å². The summed E-state index contributed by atoms with van der Waals surface area (Å²) >= 11 is 0. The topological polar surface area (TPSA) is 86.7 Å². The van der Waals surface area contributed by atoms with Gasteiger partial charge in [0.15, 0.2) is 0 Å². The predicted octanol–water partition coefficient (Wildman–Crippen LogP) is 1.89. The largest absolute Gasteiger partial charge is 0.469 e. The summed E-state index contributed by atoms with van der Waals surface area (Å²) in [5, 5.41) is 0. The Bertz CT molecular complexity index is 729. The molecule has 1 aromatic rings. The highest BCUT2D eigenvalue weighted by molar-refractivity contribution is 6.51. The van der Waals surface area contributed by atoms with Crippen LogP contribution in [0.4, 0.5) is 0 Å². The minimum absolute atomic E-state index is 0.0495. The molecule has 0 saturated carbocycles. The number of carbonyl (C=O) groups is 4. The Labute approximate surface area is 139 Å². The van der Waals surface area contributed by atoms with Gasteiger partial charge in [0.05, 0.1) is 14.2 Å². The first kappa shape index (κ1) is 17.6. The Kier molecular flexibility index (Phi) is 5.63. The summed E-state index contributed by atoms with van der Waals surface area (Å²) in [5.41, 5.74) is 2.05. The zero-order chi connectivity index (χ0) is 17.7. The first-order valence-electron chi connectivity index (χ1n) is 7.52. The molecular formula is C18H18O6. The van der Waals surface area contributed by atoms with Crippen molar-refractivity contribution >= 4 is 29.6 Å². The molecule has 0 saturated heterocycles. The second-order valence-electron chi connectivity index (χ2n) is 5.40. The zero-order valence-electron chi connectivity index (χ0n) is 13.6. The standard InChI is InChI=1S/C18H18O6/c1-23-15(19)7-4-11-3-5-12-10-13(6-8-16(20)24-2)17(21)18(22)14(12)9-11/h3,5,9-10H,4,6-8H2,1-2H3. The van der Waals surface area contributed by atoms with Crippen LogP contribution in [0.25, 0.3) is 6.08 Å². The van der Waals surface area contributed by atoms with Crippen molar-refractivity contribution in [1.29, 1.82) is 0 Å². The molecule has 1 aromatic carbocycles. The maximum absolute atomic E-state index is 12.3. The highest BCUT2D eigenvalue weighted by atomic mass is 16.5. The third kappa shape index (κ3) is 3.95. The van der Waals surface area contributed by atoms with Gasteiger partial charge in [0.1, 0.15) is 0 Å². The SMILES string of the molecule is COC(=O)CCC1=Cc2ccc(CCC(=O)OC)cc2C(=O)C1=O. The summed E-state index contributed by atoms with van der Waals surface area (Å²) in [6.45, 7) is 0. The van der Waals surface area contributed by atoms with Gasteiger partial charge in [-0.3, -0.25) is 19.2 Å². The lowest BCUT2D eigenvalue weighted by Crippen LogP contribution is -2.22. The summed E-state index contributed by atoms with van der Waals surface area (Å²) in [6, 6.07) is 5.18. The van der Waals surface area contributed by atoms with Crippen LogP contribution in [-0.2, 0) is 30.3 Å². The molecule has 0 amide bonds. The van der Waals surface area contributed by atoms with Crippen molar-refractivity contribution in [2.75, 3.05) is 14.2 Å². The fraction of sp³-hybridized carbons (Fsp3) is 0.333. The van der Waals surface area contributed by atoms with E-state index in [1.807, 2.05) is 0 Å². The van der Waals surface area contributed by atoms with Crippen molar-refractivity contribution in [2.45, 2.75) is 25.7 Å². The number of aryl methyl sites for hydroxylation is 1. The normalized spacial score (nSPS) is 13.2. The van der Waals surface area contributed by atoms with Gasteiger partial charge in [0, 0.05) is 24.0 Å². The molecule has 0 atom stereocenters. The fourth-order valence-corrected chi connectivity index (χ4v) is 2.48. The van der Waals surface area contributed by atoms with E-state index in [1.54, 1.807) is 24.3 Å². The molecule has 0 heterocycles. The average Bonchev–Trinajstić information content (AvgIpc) is 2.61. The second kappa shape index (κ2) is 7.68. The Morgan fingerprint density at radius 2 is 1.54 bits per heavy atom. The molecule has 0 bridgehead atoms. The molecule has 2 rings (SSSR count). The molecule has 1 aliphatic carbocycles. The van der Waals surface area contributed by atoms with E-state index in [0.717, 1.165) is 5.56 Å². The quantitative estimate of drug-likeness (QED) is 0.585. The predicted molar refractivity (Wildman–Crippen MR) is 85.3 cm³/mol. The summed E-state index contributed by atoms with van der Waals surface area (Å²) in [6.07, 6.45) is 2.48. The molecule has 0 aliphatic heterocycles. The molecule has 24 heavy (non-hydrogen) atoms. The lowest BCUT2D eigenvalue weighted by atomic mass is 9.86. The van der Waals surface area contributed by atoms with Crippen LogP contribution in [0.1, 0.15) is 40.7 Å². The van der Waals surface area contributed by atoms with Crippen molar-refractivity contribution in [3.63, 3.8) is 0 Å². The third-order valence-corrected chi connectivity index (χ3v) is 3.86. The molecule has 0 spiro atoms. The highest BCUT2D eigenvalue weighted by Crippen LogP contribution is 2.26. The molecule has 126 valence electrons. The minimum atomic E-state index is -0.600. The number of Topliss-reactive ketones (excluding diaryl/α,β-unsaturated/α-hetero) is 2. The van der Waals surface area contributed by atoms with Gasteiger partial charge in [0.25, 0.3) is 0 Å². The van der Waals surface area contributed by atoms with E-state index < -0.39 is 17.5 Å². The first-order valence-corrected chi connectivity index (χ1v) is 7.52. The molecule has 0 fully saturated rings. The van der Waals surface area contributed by atoms with E-state index in [2.05, 4.69) is 9.47 Å². The van der Waals surface area contributed by atoms with E-state index in [-0.39, 0.29) is 25.2 Å². The van der Waals surface area contributed by atoms with Crippen molar-refractivity contribution in [1.82, 2.24) is 0 Å². The maximum atomic E-state index is 12.3. The minimum Gasteiger partial charge on any atom is -0.469 e. The highest BCUT2D eigenvalue weighted by Gasteiger charge is 2.27. The molecule has 0 radical (unpaired) electrons. The van der Waals surface area contributed by atoms with Crippen molar-refractivity contribution in [3.8, 4) is 0 Å². The Morgan fingerprint density at radius 3 is 2.17 bits per heavy atom. The molecule has 0 aromatic heterocycles. The van der Waals surface area contributed by atoms with Crippen LogP contribution in [0.3, 0.4) is 0 Å². The average molecular weight is 330 g/mol. The molecule has 0 unspecified atom stereocenters. The maximum Gasteiger partial charge on any atom is 0.305 e. The number of hydrogen-bond acceptors (Lipinski definition) is 6. The smallest absolute Gasteiger partial charge is 0.305 e. The summed E-state index contributed by atoms with van der Waals surface area (Å²) < 4.78 is 9.13. The monoisotopic (exact) mass is 330 g/mol. The molecule has 6 nitrogen and oxygen atoms in total. The van der Waals surface area contributed by atoms with Crippen LogP contribution in [0.2, 0.25) is 0 Å². The molecule has 0 N–H and O–H groups in total. The number of fused-ring (bicyclic) bond motifs is 1. The van der Waals surface area contributed by atoms with E-state index in [0.29, 0.717) is 23.1 Å². The summed E-state index contributed by atoms with van der Waals surface area (Å²) in [4.78, 5) is 46.9. The van der Waals surface area contributed by atoms with Gasteiger partial charge >= 0.3 is 11.9 Å². The number of carbonyl (C=O) groups excluding carboxylic acids is 4. The number of allylic oxidation sites excluding steroid dienone is 1. The van der Waals surface area contributed by atoms with Gasteiger partial charge < -0.3 is 9.47 Å². The van der Waals surface area contributed by atoms with Gasteiger partial charge in [-0.25, -0.2) is 0 Å². The van der Waals surface area contributed by atoms with Crippen LogP contribution in [0.15, 0.2) is 23.8 Å². The van der Waals surface area contributed by atoms with Crippen LogP contribution in [0, 0.1) is 0 Å². The Balaban J connectivity index is 2.20. The van der Waals surface area contributed by atoms with Gasteiger partial charge in [-0.2, -0.15) is 0 Å². The molecule has 1 aliphatic rings. The first-order chi connectivity index (χ1) is 11.5. The lowest BCUT2D eigenvalue weighted by molar-refractivity contribution is -0.141. The fourth-order valence-electron chi connectivity index (χ4n) is 2.48. The van der Waals surface area contributed by atoms with Gasteiger partial charge in [0.2, 0.25) is 11.6 Å². The van der Waals surface area contributed by atoms with Gasteiger partial charge in [-0.05, 0) is 36.1 Å². The van der Waals surface area contributed by atoms with E-state index in [1.165, 1.54) is 14.2 Å². The van der Waals surface area contributed by atoms with Crippen LogP contribution in [0.5, 0.6) is 0 Å². The van der Waals surface area contributed by atoms with E-state index in [9.17, 15) is 19.2 Å². The number of rotatable bonds is 6. The van der Waals surface area contributed by atoms with Crippen LogP contribution < -0.4 is 0 Å². The Morgan fingerprint density at radius 1 is 0.917 bits per heavy atom. The van der Waals surface area contributed by atoms with Gasteiger partial charge in [-0.1, -0.05) is 12.1 Å². The molecule has 6 heteroatoms. The van der Waals surface area contributed by atoms with E-state index >= 15 is 0 Å². The summed E-state index contributed by atoms with van der Waals surface area (Å²) in [5.74, 6) is -1.95. The number of ether oxygens (including phenoxy) is 2. The number of esters is 2. The van der Waals surface area contributed by atoms with Crippen molar-refractivity contribution in [2.24, 2.45) is 0 Å². The summed E-state index contributed by atoms with van der Waals surface area (Å²) in [7, 11) is 2.59. The number of ketones is 2. The van der Waals surface area contributed by atoms with Crippen molar-refractivity contribution < 1.29 is 28.7 Å². The van der Waals surface area contributed by atoms with Gasteiger partial charge in [-0.15, -0.1) is 0 Å². The second-order valence-corrected chi connectivity index (χ2v) is 5.40.